The van der Waals surface area contributed by atoms with Gasteiger partial charge in [0.2, 0.25) is 0 Å². The van der Waals surface area contributed by atoms with Gasteiger partial charge in [-0.15, -0.1) is 0 Å². The van der Waals surface area contributed by atoms with E-state index in [-0.39, 0.29) is 37.7 Å². The van der Waals surface area contributed by atoms with Crippen LogP contribution in [0.4, 0.5) is 0 Å². The number of hydrogen-bond donors (Lipinski definition) is 0. The molecular weight excluding hydrogens is 88.1 g/mol. The quantitative estimate of drug-likeness (QED) is 0.156. The maximum absolute atomic E-state index is 7.88. The Bertz CT molecular complexity index is 10.8. The molecule has 0 aliphatic carbocycles. The van der Waals surface area contributed by atoms with E-state index >= 15 is 0 Å². The largest absolute Gasteiger partial charge is 0.154 e. The predicted octanol–water partition coefficient (Wildman–Crippen LogP) is -1.50. The van der Waals surface area contributed by atoms with Gasteiger partial charge in [0, 0.05) is 37.7 Å². The smallest absolute Gasteiger partial charge is 0.0772 e. The fourth-order valence-electron chi connectivity index (χ4n) is 0. The van der Waals surface area contributed by atoms with Crippen molar-refractivity contribution in [1.29, 1.82) is 0 Å². The van der Waals surface area contributed by atoms with Crippen molar-refractivity contribution in [2.24, 2.45) is 0 Å². The molecule has 0 fully saturated rings. The maximum Gasteiger partial charge on any atom is 0.154 e. The van der Waals surface area contributed by atoms with Crippen molar-refractivity contribution >= 4 is 37.7 Å². The summed E-state index contributed by atoms with van der Waals surface area (Å²) in [4.78, 5) is 7.88. The molecule has 0 atom stereocenters. The standard InChI is InChI=1S/Ca.O3/c;1-3-2. The minimum Gasteiger partial charge on any atom is -0.0772 e. The molecule has 0 saturated carbocycles. The summed E-state index contributed by atoms with van der Waals surface area (Å²) in [5, 5.41) is 7.88. The molecule has 4 heavy (non-hydrogen) atoms. The molecule has 3 nitrogen and oxygen atoms in total. The summed E-state index contributed by atoms with van der Waals surface area (Å²) >= 11 is 0. The topological polar surface area (TPSA) is 51.4 Å². The van der Waals surface area contributed by atoms with Gasteiger partial charge in [-0.05, 0) is 0 Å². The van der Waals surface area contributed by atoms with Crippen LogP contribution in [0.15, 0.2) is 0 Å². The first-order valence-electron chi connectivity index (χ1n) is 0.333. The molecule has 0 aliphatic heterocycles. The Morgan fingerprint density at radius 2 is 1.75 bits per heavy atom. The first-order valence-corrected chi connectivity index (χ1v) is 0.333. The van der Waals surface area contributed by atoms with E-state index in [1.165, 1.54) is 0 Å². The van der Waals surface area contributed by atoms with Crippen LogP contribution >= 0.6 is 0 Å². The van der Waals surface area contributed by atoms with Gasteiger partial charge in [-0.1, -0.05) is 10.2 Å². The van der Waals surface area contributed by atoms with Crippen molar-refractivity contribution in [3.63, 3.8) is 0 Å². The van der Waals surface area contributed by atoms with E-state index in [1.807, 2.05) is 0 Å². The van der Waals surface area contributed by atoms with E-state index in [1.54, 1.807) is 4.75 Å². The fraction of sp³-hybridized carbons (Fsp3) is 0. The summed E-state index contributed by atoms with van der Waals surface area (Å²) in [6.07, 6.45) is 0. The molecule has 0 heterocycles. The zero-order valence-electron chi connectivity index (χ0n) is 1.93. The SMILES string of the molecule is O=[O+][O-].[Ca]. The van der Waals surface area contributed by atoms with Crippen LogP contribution in [-0.4, -0.2) is 37.7 Å². The fourth-order valence-corrected chi connectivity index (χ4v) is 0. The van der Waals surface area contributed by atoms with Gasteiger partial charge in [0.15, 0.2) is 4.75 Å². The number of hydrogen-bond acceptors (Lipinski definition) is 2. The monoisotopic (exact) mass is 87.9 g/mol. The van der Waals surface area contributed by atoms with E-state index in [9.17, 15) is 0 Å². The second kappa shape index (κ2) is 9.40. The molecule has 0 N–H and O–H groups in total. The molecule has 0 aromatic heterocycles. The van der Waals surface area contributed by atoms with Crippen molar-refractivity contribution in [1.82, 2.24) is 0 Å². The van der Waals surface area contributed by atoms with E-state index in [0.29, 0.717) is 0 Å². The van der Waals surface area contributed by atoms with Gasteiger partial charge in [0.05, 0.1) is 0 Å². The van der Waals surface area contributed by atoms with Gasteiger partial charge in [0.25, 0.3) is 0 Å². The van der Waals surface area contributed by atoms with Crippen molar-refractivity contribution in [2.45, 2.75) is 0 Å². The Morgan fingerprint density at radius 1 is 1.75 bits per heavy atom. The first kappa shape index (κ1) is 8.82. The Morgan fingerprint density at radius 3 is 1.75 bits per heavy atom. The van der Waals surface area contributed by atoms with E-state index in [4.69, 9.17) is 10.2 Å². The molecule has 2 radical (unpaired) electrons. The van der Waals surface area contributed by atoms with Crippen LogP contribution < -0.4 is 5.26 Å². The summed E-state index contributed by atoms with van der Waals surface area (Å²) in [6, 6.07) is 0. The minimum atomic E-state index is 0. The second-order valence-electron chi connectivity index (χ2n) is 0.0680. The zero-order chi connectivity index (χ0) is 2.71. The van der Waals surface area contributed by atoms with E-state index < -0.39 is 0 Å². The average Bonchev–Trinajstić information content (AvgIpc) is 0.918. The van der Waals surface area contributed by atoms with Gasteiger partial charge in [-0.3, -0.25) is 0 Å². The summed E-state index contributed by atoms with van der Waals surface area (Å²) in [7, 11) is 0. The van der Waals surface area contributed by atoms with E-state index in [0.717, 1.165) is 0 Å². The predicted molar refractivity (Wildman–Crippen MR) is 12.5 cm³/mol. The normalized spacial score (nSPS) is 3.00. The third-order valence-corrected chi connectivity index (χ3v) is 0. The van der Waals surface area contributed by atoms with Crippen LogP contribution in [0.5, 0.6) is 0 Å². The molecule has 20 valence electrons. The van der Waals surface area contributed by atoms with Crippen LogP contribution in [-0.2, 0) is 0 Å². The molecule has 4 heteroatoms. The summed E-state index contributed by atoms with van der Waals surface area (Å²) in [6.45, 7) is 0. The van der Waals surface area contributed by atoms with Crippen molar-refractivity contribution in [3.8, 4) is 0 Å². The second-order valence-corrected chi connectivity index (χ2v) is 0.0680. The van der Waals surface area contributed by atoms with Gasteiger partial charge in [-0.25, -0.2) is 0 Å². The van der Waals surface area contributed by atoms with Crippen molar-refractivity contribution in [2.75, 3.05) is 0 Å². The summed E-state index contributed by atoms with van der Waals surface area (Å²) in [5.74, 6) is 0. The van der Waals surface area contributed by atoms with Gasteiger partial charge in [-0.2, -0.15) is 0 Å². The summed E-state index contributed by atoms with van der Waals surface area (Å²) in [5.41, 5.74) is 0. The van der Waals surface area contributed by atoms with Crippen molar-refractivity contribution < 1.29 is 5.26 Å². The van der Waals surface area contributed by atoms with Gasteiger partial charge < -0.3 is 0 Å². The Kier molecular flexibility index (Phi) is 20.7. The van der Waals surface area contributed by atoms with Crippen LogP contribution in [0.25, 0.3) is 0 Å². The molecule has 0 spiro atoms. The molecule has 0 amide bonds. The van der Waals surface area contributed by atoms with Crippen LogP contribution in [0.1, 0.15) is 0 Å². The average molecular weight is 88.1 g/mol. The Labute approximate surface area is 52.5 Å². The van der Waals surface area contributed by atoms with Gasteiger partial charge >= 0.3 is 0 Å². The molecule has 0 aromatic carbocycles. The third kappa shape index (κ3) is 16.8. The van der Waals surface area contributed by atoms with Crippen LogP contribution in [0, 0.1) is 9.71 Å². The van der Waals surface area contributed by atoms with Crippen LogP contribution in [0.2, 0.25) is 0 Å². The molecule has 0 rings (SSSR count). The molecule has 0 unspecified atom stereocenters. The molecular formula is CaO3. The van der Waals surface area contributed by atoms with Gasteiger partial charge in [0.1, 0.15) is 0 Å². The Balaban J connectivity index is 0. The molecule has 0 aliphatic rings. The molecule has 0 aromatic rings. The first-order chi connectivity index (χ1) is 1.41. The molecule has 0 saturated heterocycles. The minimum absolute atomic E-state index is 0. The number of rotatable bonds is 0. The van der Waals surface area contributed by atoms with Crippen molar-refractivity contribution in [3.05, 3.63) is 9.71 Å². The Hall–Kier alpha value is 0.660. The van der Waals surface area contributed by atoms with E-state index in [2.05, 4.69) is 0 Å². The zero-order valence-corrected chi connectivity index (χ0v) is 4.14. The summed E-state index contributed by atoms with van der Waals surface area (Å²) < 4.78 is 1.75. The molecule has 0 bridgehead atoms. The maximum atomic E-state index is 7.88. The van der Waals surface area contributed by atoms with Crippen LogP contribution in [0.3, 0.4) is 0 Å². The third-order valence-electron chi connectivity index (χ3n) is 0.